The van der Waals surface area contributed by atoms with Crippen LogP contribution in [-0.2, 0) is 10.3 Å². The molecule has 19 heavy (non-hydrogen) atoms. The third kappa shape index (κ3) is 1.98. The number of nitrogen functional groups attached to an aromatic ring is 1. The van der Waals surface area contributed by atoms with Gasteiger partial charge >= 0.3 is 0 Å². The topological polar surface area (TPSA) is 87.1 Å². The zero-order valence-corrected chi connectivity index (χ0v) is 10.8. The Balaban J connectivity index is 1.98. The molecule has 1 fully saturated rings. The summed E-state index contributed by atoms with van der Waals surface area (Å²) in [5, 5.41) is 4.05. The summed E-state index contributed by atoms with van der Waals surface area (Å²) < 4.78 is 10.9. The van der Waals surface area contributed by atoms with Crippen molar-refractivity contribution in [3.63, 3.8) is 0 Å². The summed E-state index contributed by atoms with van der Waals surface area (Å²) in [5.74, 6) is 0.934. The average molecular weight is 260 g/mol. The number of anilines is 1. The van der Waals surface area contributed by atoms with Crippen molar-refractivity contribution in [3.05, 3.63) is 24.2 Å². The molecule has 1 aliphatic rings. The molecule has 0 aliphatic heterocycles. The molecule has 2 aromatic heterocycles. The molecule has 6 heteroatoms. The van der Waals surface area contributed by atoms with Gasteiger partial charge in [-0.3, -0.25) is 0 Å². The Morgan fingerprint density at radius 2 is 2.16 bits per heavy atom. The third-order valence-electron chi connectivity index (χ3n) is 3.68. The molecule has 100 valence electrons. The Labute approximate surface area is 111 Å². The molecule has 6 nitrogen and oxygen atoms in total. The Hall–Kier alpha value is -1.95. The molecule has 1 aliphatic carbocycles. The number of nitrogens with zero attached hydrogens (tertiary/aromatic N) is 3. The molecular weight excluding hydrogens is 244 g/mol. The Bertz CT molecular complexity index is 576. The van der Waals surface area contributed by atoms with E-state index in [0.29, 0.717) is 23.1 Å². The number of hydrogen-bond acceptors (Lipinski definition) is 6. The molecule has 0 amide bonds. The van der Waals surface area contributed by atoms with Crippen LogP contribution < -0.4 is 5.73 Å². The van der Waals surface area contributed by atoms with Crippen molar-refractivity contribution >= 4 is 5.69 Å². The van der Waals surface area contributed by atoms with Gasteiger partial charge in [0.15, 0.2) is 5.69 Å². The smallest absolute Gasteiger partial charge is 0.278 e. The lowest BCUT2D eigenvalue weighted by Gasteiger charge is -2.22. The number of nitrogens with two attached hydrogens (primary N) is 1. The zero-order chi connectivity index (χ0) is 13.3. The highest BCUT2D eigenvalue weighted by molar-refractivity contribution is 5.65. The fraction of sp³-hybridized carbons (Fsp3) is 0.462. The van der Waals surface area contributed by atoms with Gasteiger partial charge in [-0.25, -0.2) is 4.98 Å². The second kappa shape index (κ2) is 4.62. The van der Waals surface area contributed by atoms with Crippen LogP contribution in [0.1, 0.15) is 31.5 Å². The van der Waals surface area contributed by atoms with E-state index in [9.17, 15) is 0 Å². The van der Waals surface area contributed by atoms with E-state index in [1.54, 1.807) is 25.4 Å². The molecule has 0 spiro atoms. The van der Waals surface area contributed by atoms with Crippen LogP contribution in [0.3, 0.4) is 0 Å². The summed E-state index contributed by atoms with van der Waals surface area (Å²) in [6.07, 6.45) is 5.71. The third-order valence-corrected chi connectivity index (χ3v) is 3.68. The van der Waals surface area contributed by atoms with Gasteiger partial charge in [0, 0.05) is 13.3 Å². The van der Waals surface area contributed by atoms with E-state index < -0.39 is 5.60 Å². The lowest BCUT2D eigenvalue weighted by Crippen LogP contribution is -2.25. The van der Waals surface area contributed by atoms with Crippen LogP contribution in [0.5, 0.6) is 0 Å². The van der Waals surface area contributed by atoms with Gasteiger partial charge in [0.25, 0.3) is 5.89 Å². The molecule has 2 heterocycles. The minimum Gasteiger partial charge on any atom is -0.397 e. The second-order valence-corrected chi connectivity index (χ2v) is 4.77. The Morgan fingerprint density at radius 1 is 1.37 bits per heavy atom. The summed E-state index contributed by atoms with van der Waals surface area (Å²) in [6, 6.07) is 3.53. The maximum atomic E-state index is 5.86. The van der Waals surface area contributed by atoms with Gasteiger partial charge < -0.3 is 15.0 Å². The second-order valence-electron chi connectivity index (χ2n) is 4.77. The summed E-state index contributed by atoms with van der Waals surface area (Å²) in [5.41, 5.74) is 6.49. The van der Waals surface area contributed by atoms with Gasteiger partial charge in [-0.15, -0.1) is 0 Å². The van der Waals surface area contributed by atoms with Crippen molar-refractivity contribution in [1.82, 2.24) is 15.1 Å². The first kappa shape index (κ1) is 12.1. The largest absolute Gasteiger partial charge is 0.397 e. The van der Waals surface area contributed by atoms with Crippen molar-refractivity contribution in [1.29, 1.82) is 0 Å². The van der Waals surface area contributed by atoms with Crippen LogP contribution >= 0.6 is 0 Å². The Morgan fingerprint density at radius 3 is 2.84 bits per heavy atom. The van der Waals surface area contributed by atoms with Crippen molar-refractivity contribution in [2.45, 2.75) is 31.3 Å². The van der Waals surface area contributed by atoms with E-state index in [1.165, 1.54) is 0 Å². The molecule has 0 atom stereocenters. The fourth-order valence-electron chi connectivity index (χ4n) is 2.57. The first-order valence-corrected chi connectivity index (χ1v) is 6.35. The van der Waals surface area contributed by atoms with E-state index in [0.717, 1.165) is 25.7 Å². The number of ether oxygens (including phenoxy) is 1. The minimum absolute atomic E-state index is 0.344. The highest BCUT2D eigenvalue weighted by atomic mass is 16.5. The summed E-state index contributed by atoms with van der Waals surface area (Å²) >= 11 is 0. The molecule has 2 aromatic rings. The van der Waals surface area contributed by atoms with Crippen molar-refractivity contribution < 1.29 is 9.26 Å². The maximum absolute atomic E-state index is 5.86. The van der Waals surface area contributed by atoms with Crippen LogP contribution in [0.25, 0.3) is 11.6 Å². The van der Waals surface area contributed by atoms with E-state index in [1.807, 2.05) is 0 Å². The molecule has 0 unspecified atom stereocenters. The van der Waals surface area contributed by atoms with Crippen molar-refractivity contribution in [3.8, 4) is 11.6 Å². The maximum Gasteiger partial charge on any atom is 0.278 e. The fourth-order valence-corrected chi connectivity index (χ4v) is 2.57. The van der Waals surface area contributed by atoms with E-state index in [2.05, 4.69) is 15.1 Å². The number of methoxy groups -OCH3 is 1. The molecule has 1 saturated carbocycles. The van der Waals surface area contributed by atoms with E-state index >= 15 is 0 Å². The first-order valence-electron chi connectivity index (χ1n) is 6.35. The monoisotopic (exact) mass is 260 g/mol. The summed E-state index contributed by atoms with van der Waals surface area (Å²) in [6.45, 7) is 0. The van der Waals surface area contributed by atoms with Crippen LogP contribution in [0, 0.1) is 0 Å². The number of pyridine rings is 1. The average Bonchev–Trinajstić information content (AvgIpc) is 3.09. The van der Waals surface area contributed by atoms with Gasteiger partial charge in [0.2, 0.25) is 5.82 Å². The van der Waals surface area contributed by atoms with Crippen LogP contribution in [0.4, 0.5) is 5.69 Å². The summed E-state index contributed by atoms with van der Waals surface area (Å²) in [7, 11) is 1.69. The number of rotatable bonds is 3. The molecule has 0 bridgehead atoms. The van der Waals surface area contributed by atoms with Gasteiger partial charge in [-0.2, -0.15) is 4.98 Å². The van der Waals surface area contributed by atoms with Gasteiger partial charge in [-0.1, -0.05) is 5.16 Å². The molecule has 3 rings (SSSR count). The van der Waals surface area contributed by atoms with Gasteiger partial charge in [-0.05, 0) is 37.8 Å². The highest BCUT2D eigenvalue weighted by Gasteiger charge is 2.40. The van der Waals surface area contributed by atoms with E-state index in [-0.39, 0.29) is 0 Å². The standard InChI is InChI=1S/C13H16N4O2/c1-18-13(6-2-3-7-13)12-16-11(19-17-12)10-9(14)5-4-8-15-10/h4-5,8H,2-3,6-7,14H2,1H3. The quantitative estimate of drug-likeness (QED) is 0.909. The Kier molecular flexibility index (Phi) is 2.94. The predicted molar refractivity (Wildman–Crippen MR) is 69.1 cm³/mol. The molecule has 0 radical (unpaired) electrons. The molecule has 0 aromatic carbocycles. The van der Waals surface area contributed by atoms with E-state index in [4.69, 9.17) is 15.0 Å². The SMILES string of the molecule is COC1(c2noc(-c3ncccc3N)n2)CCCC1. The molecule has 2 N–H and O–H groups in total. The van der Waals surface area contributed by atoms with Crippen molar-refractivity contribution in [2.24, 2.45) is 0 Å². The lowest BCUT2D eigenvalue weighted by atomic mass is 10.0. The predicted octanol–water partition coefficient (Wildman–Crippen LogP) is 2.13. The zero-order valence-electron chi connectivity index (χ0n) is 10.8. The van der Waals surface area contributed by atoms with Crippen LogP contribution in [-0.4, -0.2) is 22.2 Å². The normalized spacial score (nSPS) is 17.7. The first-order chi connectivity index (χ1) is 9.25. The van der Waals surface area contributed by atoms with Crippen molar-refractivity contribution in [2.75, 3.05) is 12.8 Å². The lowest BCUT2D eigenvalue weighted by molar-refractivity contribution is -0.0178. The summed E-state index contributed by atoms with van der Waals surface area (Å²) in [4.78, 5) is 8.60. The van der Waals surface area contributed by atoms with Gasteiger partial charge in [0.1, 0.15) is 5.60 Å². The number of hydrogen-bond donors (Lipinski definition) is 1. The molecular formula is C13H16N4O2. The minimum atomic E-state index is -0.411. The van der Waals surface area contributed by atoms with Crippen LogP contribution in [0.2, 0.25) is 0 Å². The van der Waals surface area contributed by atoms with Crippen LogP contribution in [0.15, 0.2) is 22.9 Å². The molecule has 0 saturated heterocycles. The highest BCUT2D eigenvalue weighted by Crippen LogP contribution is 2.40. The number of aromatic nitrogens is 3. The van der Waals surface area contributed by atoms with Gasteiger partial charge in [0.05, 0.1) is 5.69 Å².